The van der Waals surface area contributed by atoms with Crippen molar-refractivity contribution in [2.45, 2.75) is 58.2 Å². The van der Waals surface area contributed by atoms with Gasteiger partial charge in [0.1, 0.15) is 18.0 Å². The Morgan fingerprint density at radius 1 is 1.33 bits per heavy atom. The molecule has 1 spiro atoms. The Morgan fingerprint density at radius 3 is 2.78 bits per heavy atom. The molecule has 7 atom stereocenters. The van der Waals surface area contributed by atoms with Crippen molar-refractivity contribution >= 4 is 5.78 Å². The molecule has 1 saturated heterocycles. The van der Waals surface area contributed by atoms with Crippen LogP contribution in [0.1, 0.15) is 46.5 Å². The van der Waals surface area contributed by atoms with E-state index in [9.17, 15) is 15.0 Å². The number of aliphatic hydroxyl groups excluding tert-OH is 2. The molecule has 0 aromatic carbocycles. The van der Waals surface area contributed by atoms with Crippen molar-refractivity contribution in [3.63, 3.8) is 0 Å². The van der Waals surface area contributed by atoms with Gasteiger partial charge in [-0.2, -0.15) is 0 Å². The Kier molecular flexibility index (Phi) is 4.72. The molecule has 7 unspecified atom stereocenters. The van der Waals surface area contributed by atoms with Gasteiger partial charge in [-0.1, -0.05) is 25.5 Å². The van der Waals surface area contributed by atoms with Gasteiger partial charge in [0.2, 0.25) is 0 Å². The zero-order chi connectivity index (χ0) is 18.5. The summed E-state index contributed by atoms with van der Waals surface area (Å²) in [6, 6.07) is 0. The number of ketones is 1. The number of allylic oxidation sites excluding steroid dienone is 3. The van der Waals surface area contributed by atoms with Crippen molar-refractivity contribution in [1.29, 1.82) is 0 Å². The summed E-state index contributed by atoms with van der Waals surface area (Å²) < 4.78 is 6.51. The number of rotatable bonds is 1. The minimum absolute atomic E-state index is 0. The van der Waals surface area contributed by atoms with Crippen LogP contribution in [0.4, 0.5) is 0 Å². The molecule has 0 aromatic heterocycles. The largest absolute Gasteiger partial charge is 0.510 e. The van der Waals surface area contributed by atoms with Gasteiger partial charge < -0.3 is 14.9 Å². The molecule has 143 valence electrons. The summed E-state index contributed by atoms with van der Waals surface area (Å²) in [5.74, 6) is 1.43. The second kappa shape index (κ2) is 6.27. The van der Waals surface area contributed by atoms with Crippen LogP contribution >= 0.6 is 0 Å². The number of hydrogen-bond donors (Lipinski definition) is 2. The molecule has 1 radical (unpaired) electrons. The number of aliphatic hydroxyl groups is 2. The van der Waals surface area contributed by atoms with Crippen LogP contribution < -0.4 is 0 Å². The second-order valence-corrected chi connectivity index (χ2v) is 9.54. The van der Waals surface area contributed by atoms with Gasteiger partial charge in [-0.25, -0.2) is 0 Å². The number of epoxide rings is 1. The Labute approximate surface area is 196 Å². The minimum Gasteiger partial charge on any atom is -0.510 e. The fraction of sp³-hybridized carbons (Fsp3) is 0.682. The molecule has 2 N–H and O–H groups in total. The van der Waals surface area contributed by atoms with Crippen molar-refractivity contribution < 1.29 is 63.8 Å². The summed E-state index contributed by atoms with van der Waals surface area (Å²) >= 11 is 0. The normalized spacial score (nSPS) is 51.3. The quantitative estimate of drug-likeness (QED) is 0.367. The molecule has 0 bridgehead atoms. The molecular weight excluding hydrogens is 555 g/mol. The Balaban J connectivity index is 0.00000180. The first-order valence-electron chi connectivity index (χ1n) is 9.93. The third-order valence-corrected chi connectivity index (χ3v) is 8.50. The summed E-state index contributed by atoms with van der Waals surface area (Å²) in [6.45, 7) is 6.41. The summed E-state index contributed by atoms with van der Waals surface area (Å²) in [5.41, 5.74) is 1.79. The van der Waals surface area contributed by atoms with Crippen LogP contribution in [0.5, 0.6) is 0 Å². The van der Waals surface area contributed by atoms with Crippen molar-refractivity contribution in [1.82, 2.24) is 0 Å². The maximum absolute atomic E-state index is 11.9. The van der Waals surface area contributed by atoms with E-state index in [2.05, 4.69) is 26.8 Å². The van der Waals surface area contributed by atoms with Crippen LogP contribution in [0.2, 0.25) is 0 Å². The van der Waals surface area contributed by atoms with Crippen molar-refractivity contribution in [2.75, 3.05) is 6.61 Å². The van der Waals surface area contributed by atoms with Crippen LogP contribution in [0.15, 0.2) is 35.1 Å². The maximum Gasteiger partial charge on any atom is 0.178 e. The number of fused-ring (bicyclic) bond motifs is 3. The fourth-order valence-electron chi connectivity index (χ4n) is 7.50. The molecule has 4 aliphatic carbocycles. The molecule has 3 saturated carbocycles. The van der Waals surface area contributed by atoms with Gasteiger partial charge in [-0.05, 0) is 73.5 Å². The third-order valence-electron chi connectivity index (χ3n) is 8.50. The van der Waals surface area contributed by atoms with Gasteiger partial charge in [0, 0.05) is 49.5 Å². The summed E-state index contributed by atoms with van der Waals surface area (Å²) in [7, 11) is 0. The van der Waals surface area contributed by atoms with Gasteiger partial charge in [-0.15, -0.1) is 0 Å². The molecule has 0 aromatic rings. The van der Waals surface area contributed by atoms with E-state index in [0.717, 1.165) is 31.3 Å². The topological polar surface area (TPSA) is 70.1 Å². The van der Waals surface area contributed by atoms with E-state index in [-0.39, 0.29) is 84.7 Å². The van der Waals surface area contributed by atoms with Crippen LogP contribution in [0, 0.1) is 72.6 Å². The summed E-state index contributed by atoms with van der Waals surface area (Å²) in [6.07, 6.45) is 9.72. The number of carbonyl (C=O) groups excluding carboxylic acids is 1. The maximum atomic E-state index is 11.9. The first-order valence-corrected chi connectivity index (χ1v) is 9.93. The smallest absolute Gasteiger partial charge is 0.178 e. The molecule has 5 rings (SSSR count). The zero-order valence-electron chi connectivity index (χ0n) is 16.4. The van der Waals surface area contributed by atoms with E-state index in [0.29, 0.717) is 17.8 Å². The third kappa shape index (κ3) is 2.35. The Morgan fingerprint density at radius 2 is 2.07 bits per heavy atom. The van der Waals surface area contributed by atoms with Gasteiger partial charge in [0.25, 0.3) is 0 Å². The molecule has 5 aliphatic rings. The van der Waals surface area contributed by atoms with E-state index >= 15 is 0 Å². The van der Waals surface area contributed by atoms with Gasteiger partial charge in [-0.3, -0.25) is 4.79 Å². The van der Waals surface area contributed by atoms with E-state index in [1.54, 1.807) is 6.08 Å². The number of ether oxygens (including phenoxy) is 1. The summed E-state index contributed by atoms with van der Waals surface area (Å²) in [4.78, 5) is 11.9. The van der Waals surface area contributed by atoms with E-state index in [4.69, 9.17) is 4.74 Å². The van der Waals surface area contributed by atoms with Crippen LogP contribution in [0.25, 0.3) is 0 Å². The molecule has 27 heavy (non-hydrogen) atoms. The van der Waals surface area contributed by atoms with Crippen LogP contribution in [-0.4, -0.2) is 34.3 Å². The standard InChI is InChI=1S/C22H28O4.Ac/c1-12-8-16-15-5-4-13-9-14(24)6-7-21(13,3)22(15)18(26-22)10-20(16,2)19(12)17(25)11-23;/h6-7,9,12,15-16,18,23,25H,4-5,8,10-11H2,1-3H3;/b19-17-;. The SMILES string of the molecule is CC1CC2C3CCC4=CC(=O)C=CC4(C)C34OC4CC2(C)/C1=C(\O)CO.[Ac]. The van der Waals surface area contributed by atoms with Gasteiger partial charge in [0.05, 0.1) is 6.10 Å². The molecular formula is C22H28AcO4. The average molecular weight is 583 g/mol. The van der Waals surface area contributed by atoms with Crippen molar-refractivity contribution in [3.05, 3.63) is 35.1 Å². The van der Waals surface area contributed by atoms with Gasteiger partial charge >= 0.3 is 0 Å². The van der Waals surface area contributed by atoms with Crippen LogP contribution in [0.3, 0.4) is 0 Å². The van der Waals surface area contributed by atoms with Crippen molar-refractivity contribution in [2.24, 2.45) is 28.6 Å². The van der Waals surface area contributed by atoms with Crippen LogP contribution in [-0.2, 0) is 9.53 Å². The number of hydrogen-bond acceptors (Lipinski definition) is 4. The summed E-state index contributed by atoms with van der Waals surface area (Å²) in [5, 5.41) is 20.0. The second-order valence-electron chi connectivity index (χ2n) is 9.54. The molecule has 1 heterocycles. The first kappa shape index (κ1) is 20.3. The Bertz CT molecular complexity index is 798. The average Bonchev–Trinajstić information content (AvgIpc) is 3.24. The fourth-order valence-corrected chi connectivity index (χ4v) is 7.50. The van der Waals surface area contributed by atoms with Crippen molar-refractivity contribution in [3.8, 4) is 0 Å². The van der Waals surface area contributed by atoms with E-state index in [1.165, 1.54) is 5.57 Å². The van der Waals surface area contributed by atoms with E-state index < -0.39 is 0 Å². The molecule has 5 heteroatoms. The molecule has 4 fully saturated rings. The minimum atomic E-state index is -0.279. The molecule has 1 aliphatic heterocycles. The van der Waals surface area contributed by atoms with E-state index in [1.807, 2.05) is 6.08 Å². The Hall–Kier alpha value is 0.0516. The zero-order valence-corrected chi connectivity index (χ0v) is 21.1. The number of carbonyl (C=O) groups is 1. The monoisotopic (exact) mass is 583 g/mol. The first-order chi connectivity index (χ1) is 12.3. The van der Waals surface area contributed by atoms with Gasteiger partial charge in [0.15, 0.2) is 5.78 Å². The predicted molar refractivity (Wildman–Crippen MR) is 97.4 cm³/mol. The molecule has 4 nitrogen and oxygen atoms in total. The molecule has 0 amide bonds. The predicted octanol–water partition coefficient (Wildman–Crippen LogP) is 3.48.